The summed E-state index contributed by atoms with van der Waals surface area (Å²) in [5.74, 6) is 1.17. The molecule has 0 saturated carbocycles. The van der Waals surface area contributed by atoms with Crippen LogP contribution in [0.2, 0.25) is 0 Å². The Hall–Kier alpha value is -2.37. The van der Waals surface area contributed by atoms with E-state index in [0.717, 1.165) is 55.6 Å². The van der Waals surface area contributed by atoms with Crippen LogP contribution in [0.1, 0.15) is 63.7 Å². The summed E-state index contributed by atoms with van der Waals surface area (Å²) in [5, 5.41) is 3.09. The van der Waals surface area contributed by atoms with Crippen LogP contribution in [0.4, 0.5) is 0 Å². The van der Waals surface area contributed by atoms with E-state index in [1.165, 1.54) is 0 Å². The normalized spacial score (nSPS) is 25.7. The number of oxazole rings is 1. The molecule has 0 unspecified atom stereocenters. The van der Waals surface area contributed by atoms with Crippen molar-refractivity contribution in [2.24, 2.45) is 0 Å². The van der Waals surface area contributed by atoms with E-state index < -0.39 is 0 Å². The minimum absolute atomic E-state index is 0.110. The smallest absolute Gasteiger partial charge is 0.222 e. The number of hydrogen-bond acceptors (Lipinski definition) is 4. The number of hydrogen-bond donors (Lipinski definition) is 1. The van der Waals surface area contributed by atoms with Crippen LogP contribution < -0.4 is 5.32 Å². The molecule has 1 aromatic carbocycles. The highest BCUT2D eigenvalue weighted by Gasteiger charge is 2.37. The number of rotatable bonds is 5. The maximum Gasteiger partial charge on any atom is 0.222 e. The van der Waals surface area contributed by atoms with Gasteiger partial charge in [0.1, 0.15) is 5.52 Å². The zero-order valence-electron chi connectivity index (χ0n) is 15.9. The molecule has 2 aromatic rings. The Morgan fingerprint density at radius 1 is 1.41 bits per heavy atom. The van der Waals surface area contributed by atoms with Crippen molar-refractivity contribution in [3.8, 4) is 0 Å². The van der Waals surface area contributed by atoms with Gasteiger partial charge in [-0.2, -0.15) is 0 Å². The molecular weight excluding hydrogens is 342 g/mol. The molecule has 3 heterocycles. The van der Waals surface area contributed by atoms with E-state index in [2.05, 4.69) is 17.2 Å². The van der Waals surface area contributed by atoms with Gasteiger partial charge in [0.05, 0.1) is 5.92 Å². The van der Waals surface area contributed by atoms with Gasteiger partial charge in [-0.3, -0.25) is 9.59 Å². The number of nitrogens with zero attached hydrogens (tertiary/aromatic N) is 2. The standard InChI is InChI=1S/C21H27N3O3/c1-2-21(11-9-18(25)23-21)12-10-19(26)24-13-5-6-15(14-24)20-22-16-7-3-4-8-17(16)27-20/h3-4,7-8,15H,2,5-6,9-14H2,1H3,(H,23,25)/t15-,21+/m0/s1. The van der Waals surface area contributed by atoms with Crippen LogP contribution in [-0.4, -0.2) is 40.3 Å². The van der Waals surface area contributed by atoms with Crippen LogP contribution in [0.25, 0.3) is 11.1 Å². The number of fused-ring (bicyclic) bond motifs is 1. The predicted octanol–water partition coefficient (Wildman–Crippen LogP) is 3.37. The van der Waals surface area contributed by atoms with Gasteiger partial charge >= 0.3 is 0 Å². The topological polar surface area (TPSA) is 75.4 Å². The van der Waals surface area contributed by atoms with E-state index >= 15 is 0 Å². The molecule has 1 N–H and O–H groups in total. The Kier molecular flexibility index (Phi) is 4.89. The SMILES string of the molecule is CC[C@]1(CCC(=O)N2CCC[C@H](c3nc4ccccc4o3)C2)CCC(=O)N1. The van der Waals surface area contributed by atoms with Gasteiger partial charge in [0, 0.05) is 31.5 Å². The second-order valence-electron chi connectivity index (χ2n) is 7.88. The summed E-state index contributed by atoms with van der Waals surface area (Å²) in [7, 11) is 0. The van der Waals surface area contributed by atoms with E-state index in [9.17, 15) is 9.59 Å². The molecule has 6 heteroatoms. The number of benzene rings is 1. The number of likely N-dealkylation sites (tertiary alicyclic amines) is 1. The van der Waals surface area contributed by atoms with Crippen molar-refractivity contribution in [1.29, 1.82) is 0 Å². The van der Waals surface area contributed by atoms with Crippen molar-refractivity contribution < 1.29 is 14.0 Å². The molecule has 0 radical (unpaired) electrons. The van der Waals surface area contributed by atoms with E-state index in [1.807, 2.05) is 29.2 Å². The lowest BCUT2D eigenvalue weighted by molar-refractivity contribution is -0.133. The maximum atomic E-state index is 12.8. The molecule has 27 heavy (non-hydrogen) atoms. The maximum absolute atomic E-state index is 12.8. The zero-order valence-corrected chi connectivity index (χ0v) is 15.9. The highest BCUT2D eigenvalue weighted by atomic mass is 16.3. The summed E-state index contributed by atoms with van der Waals surface area (Å²) < 4.78 is 5.93. The largest absolute Gasteiger partial charge is 0.440 e. The summed E-state index contributed by atoms with van der Waals surface area (Å²) in [6.45, 7) is 3.54. The number of aromatic nitrogens is 1. The monoisotopic (exact) mass is 369 g/mol. The highest BCUT2D eigenvalue weighted by Crippen LogP contribution is 2.31. The lowest BCUT2D eigenvalue weighted by Crippen LogP contribution is -2.44. The van der Waals surface area contributed by atoms with Crippen LogP contribution in [0, 0.1) is 0 Å². The second kappa shape index (κ2) is 7.33. The first-order valence-electron chi connectivity index (χ1n) is 10.0. The minimum atomic E-state index is -0.192. The van der Waals surface area contributed by atoms with Crippen molar-refractivity contribution >= 4 is 22.9 Å². The molecule has 2 saturated heterocycles. The number of carbonyl (C=O) groups excluding carboxylic acids is 2. The predicted molar refractivity (Wildman–Crippen MR) is 102 cm³/mol. The van der Waals surface area contributed by atoms with Crippen molar-refractivity contribution in [2.45, 2.75) is 63.3 Å². The van der Waals surface area contributed by atoms with Gasteiger partial charge in [0.25, 0.3) is 0 Å². The third-order valence-corrected chi connectivity index (χ3v) is 6.16. The summed E-state index contributed by atoms with van der Waals surface area (Å²) >= 11 is 0. The fraction of sp³-hybridized carbons (Fsp3) is 0.571. The minimum Gasteiger partial charge on any atom is -0.440 e. The molecule has 2 aliphatic rings. The molecule has 2 atom stereocenters. The molecular formula is C21H27N3O3. The first kappa shape index (κ1) is 18.0. The fourth-order valence-electron chi connectivity index (χ4n) is 4.38. The summed E-state index contributed by atoms with van der Waals surface area (Å²) in [6.07, 6.45) is 5.44. The van der Waals surface area contributed by atoms with Gasteiger partial charge in [-0.25, -0.2) is 4.98 Å². The Bertz CT molecular complexity index is 813. The third-order valence-electron chi connectivity index (χ3n) is 6.16. The van der Waals surface area contributed by atoms with Gasteiger partial charge in [-0.1, -0.05) is 19.1 Å². The zero-order chi connectivity index (χ0) is 18.9. The van der Waals surface area contributed by atoms with E-state index in [1.54, 1.807) is 0 Å². The number of para-hydroxylation sites is 2. The summed E-state index contributed by atoms with van der Waals surface area (Å²) in [4.78, 5) is 31.0. The molecule has 6 nitrogen and oxygen atoms in total. The molecule has 2 amide bonds. The van der Waals surface area contributed by atoms with E-state index in [0.29, 0.717) is 19.4 Å². The van der Waals surface area contributed by atoms with E-state index in [4.69, 9.17) is 4.42 Å². The van der Waals surface area contributed by atoms with Crippen LogP contribution in [0.15, 0.2) is 28.7 Å². The average Bonchev–Trinajstić information content (AvgIpc) is 3.30. The molecule has 4 rings (SSSR count). The second-order valence-corrected chi connectivity index (χ2v) is 7.88. The van der Waals surface area contributed by atoms with Gasteiger partial charge in [0.15, 0.2) is 11.5 Å². The number of carbonyl (C=O) groups is 2. The molecule has 2 aliphatic heterocycles. The van der Waals surface area contributed by atoms with Crippen molar-refractivity contribution in [3.63, 3.8) is 0 Å². The molecule has 2 fully saturated rings. The third kappa shape index (κ3) is 3.70. The first-order chi connectivity index (χ1) is 13.1. The Balaban J connectivity index is 1.39. The van der Waals surface area contributed by atoms with Gasteiger partial charge in [0.2, 0.25) is 11.8 Å². The van der Waals surface area contributed by atoms with Crippen LogP contribution in [0.3, 0.4) is 0 Å². The fourth-order valence-corrected chi connectivity index (χ4v) is 4.38. The van der Waals surface area contributed by atoms with Crippen molar-refractivity contribution in [3.05, 3.63) is 30.2 Å². The quantitative estimate of drug-likeness (QED) is 0.877. The van der Waals surface area contributed by atoms with Crippen LogP contribution in [-0.2, 0) is 9.59 Å². The van der Waals surface area contributed by atoms with Gasteiger partial charge < -0.3 is 14.6 Å². The van der Waals surface area contributed by atoms with Gasteiger partial charge in [-0.05, 0) is 44.2 Å². The summed E-state index contributed by atoms with van der Waals surface area (Å²) in [5.41, 5.74) is 1.48. The van der Waals surface area contributed by atoms with E-state index in [-0.39, 0.29) is 23.3 Å². The van der Waals surface area contributed by atoms with Crippen molar-refractivity contribution in [2.75, 3.05) is 13.1 Å². The highest BCUT2D eigenvalue weighted by molar-refractivity contribution is 5.80. The number of amides is 2. The lowest BCUT2D eigenvalue weighted by atomic mass is 9.88. The molecule has 1 aromatic heterocycles. The Morgan fingerprint density at radius 3 is 3.00 bits per heavy atom. The molecule has 0 aliphatic carbocycles. The average molecular weight is 369 g/mol. The Labute approximate surface area is 159 Å². The first-order valence-corrected chi connectivity index (χ1v) is 10.0. The van der Waals surface area contributed by atoms with Crippen LogP contribution in [0.5, 0.6) is 0 Å². The van der Waals surface area contributed by atoms with Crippen molar-refractivity contribution in [1.82, 2.24) is 15.2 Å². The lowest BCUT2D eigenvalue weighted by Gasteiger charge is -2.33. The van der Waals surface area contributed by atoms with Gasteiger partial charge in [-0.15, -0.1) is 0 Å². The molecule has 144 valence electrons. The van der Waals surface area contributed by atoms with Crippen LogP contribution >= 0.6 is 0 Å². The number of nitrogens with one attached hydrogen (secondary N) is 1. The molecule has 0 bridgehead atoms. The number of piperidine rings is 1. The Morgan fingerprint density at radius 2 is 2.26 bits per heavy atom. The molecule has 0 spiro atoms. The summed E-state index contributed by atoms with van der Waals surface area (Å²) in [6, 6.07) is 7.78.